The molecule has 0 saturated carbocycles. The summed E-state index contributed by atoms with van der Waals surface area (Å²) in [6.45, 7) is -0.408. The number of nitrogens with zero attached hydrogens (tertiary/aromatic N) is 2. The maximum Gasteiger partial charge on any atom is 0.374 e. The van der Waals surface area contributed by atoms with Gasteiger partial charge in [0.1, 0.15) is 0 Å². The number of esters is 1. The van der Waals surface area contributed by atoms with E-state index in [0.29, 0.717) is 11.4 Å². The predicted molar refractivity (Wildman–Crippen MR) is 94.7 cm³/mol. The summed E-state index contributed by atoms with van der Waals surface area (Å²) in [7, 11) is 0. The fourth-order valence-electron chi connectivity index (χ4n) is 2.02. The van der Waals surface area contributed by atoms with Gasteiger partial charge < -0.3 is 14.5 Å². The molecule has 0 bridgehead atoms. The van der Waals surface area contributed by atoms with Crippen molar-refractivity contribution in [2.75, 3.05) is 11.9 Å². The number of amides is 1. The SMILES string of the molecule is O=C(COC(=O)c1ccco1)Nc1ccc(N=Nc2ccccc2)cc1. The van der Waals surface area contributed by atoms with E-state index >= 15 is 0 Å². The number of furan rings is 1. The number of hydrogen-bond donors (Lipinski definition) is 1. The van der Waals surface area contributed by atoms with E-state index in [1.807, 2.05) is 30.3 Å². The van der Waals surface area contributed by atoms with Crippen molar-refractivity contribution < 1.29 is 18.7 Å². The summed E-state index contributed by atoms with van der Waals surface area (Å²) in [5, 5.41) is 10.9. The highest BCUT2D eigenvalue weighted by Crippen LogP contribution is 2.20. The fraction of sp³-hybridized carbons (Fsp3) is 0.0526. The van der Waals surface area contributed by atoms with E-state index < -0.39 is 18.5 Å². The maximum absolute atomic E-state index is 11.8. The minimum atomic E-state index is -0.693. The number of nitrogens with one attached hydrogen (secondary N) is 1. The molecular formula is C19H15N3O4. The van der Waals surface area contributed by atoms with Crippen LogP contribution in [-0.4, -0.2) is 18.5 Å². The van der Waals surface area contributed by atoms with E-state index in [9.17, 15) is 9.59 Å². The van der Waals surface area contributed by atoms with Gasteiger partial charge in [0.2, 0.25) is 5.76 Å². The standard InChI is InChI=1S/C19H15N3O4/c23-18(13-26-19(24)17-7-4-12-25-17)20-14-8-10-16(11-9-14)22-21-15-5-2-1-3-6-15/h1-12H,13H2,(H,20,23). The second kappa shape index (κ2) is 8.39. The molecule has 0 radical (unpaired) electrons. The molecule has 3 aromatic rings. The summed E-state index contributed by atoms with van der Waals surface area (Å²) in [6, 6.07) is 19.2. The first kappa shape index (κ1) is 17.1. The number of carbonyl (C=O) groups is 2. The van der Waals surface area contributed by atoms with Gasteiger partial charge in [0.25, 0.3) is 5.91 Å². The zero-order chi connectivity index (χ0) is 18.2. The van der Waals surface area contributed by atoms with Crippen molar-refractivity contribution in [3.63, 3.8) is 0 Å². The van der Waals surface area contributed by atoms with Crippen molar-refractivity contribution in [3.05, 3.63) is 78.8 Å². The topological polar surface area (TPSA) is 93.3 Å². The molecule has 0 aliphatic carbocycles. The van der Waals surface area contributed by atoms with E-state index in [1.165, 1.54) is 12.3 Å². The summed E-state index contributed by atoms with van der Waals surface area (Å²) >= 11 is 0. The molecule has 0 unspecified atom stereocenters. The third-order valence-corrected chi connectivity index (χ3v) is 3.24. The van der Waals surface area contributed by atoms with Crippen LogP contribution in [0.4, 0.5) is 17.1 Å². The van der Waals surface area contributed by atoms with Gasteiger partial charge in [-0.3, -0.25) is 4.79 Å². The van der Waals surface area contributed by atoms with Crippen molar-refractivity contribution in [2.45, 2.75) is 0 Å². The lowest BCUT2D eigenvalue weighted by Gasteiger charge is -2.05. The maximum atomic E-state index is 11.8. The fourth-order valence-corrected chi connectivity index (χ4v) is 2.02. The first-order chi connectivity index (χ1) is 12.7. The smallest absolute Gasteiger partial charge is 0.374 e. The van der Waals surface area contributed by atoms with Crippen molar-refractivity contribution in [1.82, 2.24) is 0 Å². The molecule has 3 rings (SSSR count). The van der Waals surface area contributed by atoms with Gasteiger partial charge in [0.15, 0.2) is 6.61 Å². The van der Waals surface area contributed by atoms with Crippen molar-refractivity contribution in [2.24, 2.45) is 10.2 Å². The summed E-state index contributed by atoms with van der Waals surface area (Å²) in [5.74, 6) is -1.10. The minimum Gasteiger partial charge on any atom is -0.457 e. The monoisotopic (exact) mass is 349 g/mol. The van der Waals surface area contributed by atoms with Gasteiger partial charge >= 0.3 is 5.97 Å². The lowest BCUT2D eigenvalue weighted by molar-refractivity contribution is -0.119. The van der Waals surface area contributed by atoms with E-state index in [0.717, 1.165) is 5.69 Å². The predicted octanol–water partition coefficient (Wildman–Crippen LogP) is 4.49. The number of anilines is 1. The Morgan fingerprint density at radius 1 is 0.885 bits per heavy atom. The third kappa shape index (κ3) is 4.88. The van der Waals surface area contributed by atoms with Crippen molar-refractivity contribution in [1.29, 1.82) is 0 Å². The van der Waals surface area contributed by atoms with E-state index in [4.69, 9.17) is 9.15 Å². The van der Waals surface area contributed by atoms with E-state index in [-0.39, 0.29) is 5.76 Å². The van der Waals surface area contributed by atoms with Gasteiger partial charge in [-0.05, 0) is 48.5 Å². The number of rotatable bonds is 6. The molecule has 2 aromatic carbocycles. The Morgan fingerprint density at radius 3 is 2.23 bits per heavy atom. The number of hydrogen-bond acceptors (Lipinski definition) is 6. The van der Waals surface area contributed by atoms with Crippen LogP contribution in [0.3, 0.4) is 0 Å². The molecular weight excluding hydrogens is 334 g/mol. The van der Waals surface area contributed by atoms with Gasteiger partial charge in [-0.25, -0.2) is 4.79 Å². The van der Waals surface area contributed by atoms with Gasteiger partial charge in [-0.2, -0.15) is 10.2 Å². The Kier molecular flexibility index (Phi) is 5.51. The average Bonchev–Trinajstić information content (AvgIpc) is 3.21. The van der Waals surface area contributed by atoms with Crippen LogP contribution < -0.4 is 5.32 Å². The highest BCUT2D eigenvalue weighted by molar-refractivity contribution is 5.94. The highest BCUT2D eigenvalue weighted by Gasteiger charge is 2.12. The molecule has 130 valence electrons. The number of carbonyl (C=O) groups excluding carboxylic acids is 2. The summed E-state index contributed by atoms with van der Waals surface area (Å²) in [6.07, 6.45) is 1.35. The zero-order valence-corrected chi connectivity index (χ0v) is 13.7. The van der Waals surface area contributed by atoms with Gasteiger partial charge in [-0.15, -0.1) is 0 Å². The largest absolute Gasteiger partial charge is 0.457 e. The summed E-state index contributed by atoms with van der Waals surface area (Å²) in [4.78, 5) is 23.4. The van der Waals surface area contributed by atoms with Crippen molar-refractivity contribution >= 4 is 28.9 Å². The second-order valence-corrected chi connectivity index (χ2v) is 5.18. The second-order valence-electron chi connectivity index (χ2n) is 5.18. The first-order valence-corrected chi connectivity index (χ1v) is 7.78. The summed E-state index contributed by atoms with van der Waals surface area (Å²) in [5.41, 5.74) is 1.96. The summed E-state index contributed by atoms with van der Waals surface area (Å²) < 4.78 is 9.74. The molecule has 1 aromatic heterocycles. The Morgan fingerprint density at radius 2 is 1.58 bits per heavy atom. The molecule has 0 atom stereocenters. The quantitative estimate of drug-likeness (QED) is 0.524. The first-order valence-electron chi connectivity index (χ1n) is 7.78. The van der Waals surface area contributed by atoms with Crippen LogP contribution in [0.25, 0.3) is 0 Å². The van der Waals surface area contributed by atoms with Gasteiger partial charge in [0, 0.05) is 5.69 Å². The Labute approximate surface area is 149 Å². The molecule has 26 heavy (non-hydrogen) atoms. The van der Waals surface area contributed by atoms with Crippen LogP contribution in [0.5, 0.6) is 0 Å². The molecule has 0 fully saturated rings. The van der Waals surface area contributed by atoms with E-state index in [1.54, 1.807) is 30.3 Å². The zero-order valence-electron chi connectivity index (χ0n) is 13.7. The molecule has 0 aliphatic rings. The van der Waals surface area contributed by atoms with Crippen LogP contribution in [-0.2, 0) is 9.53 Å². The minimum absolute atomic E-state index is 0.0472. The molecule has 7 nitrogen and oxygen atoms in total. The molecule has 1 amide bonds. The number of azo groups is 1. The molecule has 1 heterocycles. The van der Waals surface area contributed by atoms with Gasteiger partial charge in [-0.1, -0.05) is 18.2 Å². The third-order valence-electron chi connectivity index (χ3n) is 3.24. The van der Waals surface area contributed by atoms with Crippen LogP contribution >= 0.6 is 0 Å². The molecule has 7 heteroatoms. The lowest BCUT2D eigenvalue weighted by atomic mass is 10.3. The number of benzene rings is 2. The van der Waals surface area contributed by atoms with Crippen LogP contribution in [0.15, 0.2) is 87.6 Å². The van der Waals surface area contributed by atoms with Crippen molar-refractivity contribution in [3.8, 4) is 0 Å². The van der Waals surface area contributed by atoms with Crippen LogP contribution in [0.1, 0.15) is 10.6 Å². The van der Waals surface area contributed by atoms with E-state index in [2.05, 4.69) is 15.5 Å². The normalized spacial score (nSPS) is 10.6. The Balaban J connectivity index is 1.50. The molecule has 0 aliphatic heterocycles. The van der Waals surface area contributed by atoms with Crippen LogP contribution in [0, 0.1) is 0 Å². The Hall–Kier alpha value is -3.74. The highest BCUT2D eigenvalue weighted by atomic mass is 16.5. The lowest BCUT2D eigenvalue weighted by Crippen LogP contribution is -2.20. The molecule has 0 spiro atoms. The van der Waals surface area contributed by atoms with Gasteiger partial charge in [0.05, 0.1) is 17.6 Å². The van der Waals surface area contributed by atoms with Crippen LogP contribution in [0.2, 0.25) is 0 Å². The molecule has 1 N–H and O–H groups in total. The average molecular weight is 349 g/mol. The molecule has 0 saturated heterocycles. The Bertz CT molecular complexity index is 888. The number of ether oxygens (including phenoxy) is 1.